The van der Waals surface area contributed by atoms with Gasteiger partial charge in [0.05, 0.1) is 0 Å². The molecule has 1 nitrogen and oxygen atoms in total. The first-order valence-electron chi connectivity index (χ1n) is 1.55. The Bertz CT molecular complexity index is 28.1. The number of carbonyl (C=O) groups is 1. The Morgan fingerprint density at radius 3 is 2.40 bits per heavy atom. The minimum atomic E-state index is 0.766. The van der Waals surface area contributed by atoms with Gasteiger partial charge in [-0.05, 0) is 0 Å². The predicted octanol–water partition coefficient (Wildman–Crippen LogP) is -0.373. The van der Waals surface area contributed by atoms with E-state index in [0.717, 1.165) is 17.1 Å². The van der Waals surface area contributed by atoms with Crippen LogP contribution in [0.3, 0.4) is 0 Å². The van der Waals surface area contributed by atoms with Crippen LogP contribution in [0, 0.1) is 0 Å². The summed E-state index contributed by atoms with van der Waals surface area (Å²) in [5.74, 6) is 0. The van der Waals surface area contributed by atoms with Crippen molar-refractivity contribution in [1.82, 2.24) is 0 Å². The number of rotatable bonds is 2. The van der Waals surface area contributed by atoms with Gasteiger partial charge in [-0.15, -0.1) is 0 Å². The summed E-state index contributed by atoms with van der Waals surface area (Å²) in [6.45, 7) is 0. The molecule has 5 heavy (non-hydrogen) atoms. The topological polar surface area (TPSA) is 17.1 Å². The van der Waals surface area contributed by atoms with E-state index in [1.54, 1.807) is 0 Å². The number of carbonyl (C=O) groups excluding carboxylic acids is 1. The molecule has 0 N–H and O–H groups in total. The van der Waals surface area contributed by atoms with Crippen LogP contribution in [-0.2, 0) is 4.79 Å². The molecule has 0 atom stereocenters. The molecule has 0 spiro atoms. The van der Waals surface area contributed by atoms with Gasteiger partial charge in [-0.25, -0.2) is 0 Å². The molecule has 0 radical (unpaired) electrons. The Kier molecular flexibility index (Phi) is 4.93. The number of aldehydes is 1. The minimum absolute atomic E-state index is 0.766. The van der Waals surface area contributed by atoms with Crippen LogP contribution in [0.15, 0.2) is 0 Å². The Hall–Kier alpha value is 0.488. The molecule has 0 aliphatic rings. The molecule has 0 bridgehead atoms. The molecule has 0 aromatic heterocycles. The summed E-state index contributed by atoms with van der Waals surface area (Å²) < 4.78 is 1.11. The summed E-state index contributed by atoms with van der Waals surface area (Å²) in [4.78, 5) is 9.43. The molecule has 0 unspecified atom stereocenters. The van der Waals surface area contributed by atoms with Crippen molar-refractivity contribution >= 4 is 29.3 Å². The van der Waals surface area contributed by atoms with E-state index in [1.165, 1.54) is 23.0 Å². The van der Waals surface area contributed by atoms with Crippen molar-refractivity contribution in [1.29, 1.82) is 0 Å². The zero-order chi connectivity index (χ0) is 4.12. The Balaban J connectivity index is 2.40. The Morgan fingerprint density at radius 2 is 2.40 bits per heavy atom. The molecular weight excluding hydrogens is 174 g/mol. The Morgan fingerprint density at radius 1 is 1.80 bits per heavy atom. The fraction of sp³-hybridized carbons (Fsp3) is 0.667. The van der Waals surface area contributed by atoms with Crippen molar-refractivity contribution < 1.29 is 4.79 Å². The van der Waals surface area contributed by atoms with Crippen molar-refractivity contribution in [2.75, 3.05) is 0 Å². The normalized spacial score (nSPS) is 7.40. The van der Waals surface area contributed by atoms with E-state index in [0.29, 0.717) is 0 Å². The molecule has 0 fully saturated rings. The van der Waals surface area contributed by atoms with Gasteiger partial charge in [-0.1, -0.05) is 0 Å². The van der Waals surface area contributed by atoms with Gasteiger partial charge in [0.25, 0.3) is 0 Å². The van der Waals surface area contributed by atoms with Crippen LogP contribution in [0.4, 0.5) is 0 Å². The third-order valence-corrected chi connectivity index (χ3v) is 1.24. The molecule has 0 saturated carbocycles. The van der Waals surface area contributed by atoms with E-state index in [4.69, 9.17) is 0 Å². The quantitative estimate of drug-likeness (QED) is 0.419. The van der Waals surface area contributed by atoms with E-state index in [-0.39, 0.29) is 0 Å². The second-order valence-electron chi connectivity index (χ2n) is 0.744. The predicted molar refractivity (Wildman–Crippen MR) is 24.0 cm³/mol. The summed E-state index contributed by atoms with van der Waals surface area (Å²) >= 11 is 1.22. The van der Waals surface area contributed by atoms with Crippen LogP contribution < -0.4 is 0 Å². The van der Waals surface area contributed by atoms with Gasteiger partial charge in [0.1, 0.15) is 0 Å². The summed E-state index contributed by atoms with van der Waals surface area (Å²) in [5.41, 5.74) is 0. The molecule has 0 aliphatic carbocycles. The molecular formula is C3H7OSb. The van der Waals surface area contributed by atoms with Gasteiger partial charge in [0, 0.05) is 0 Å². The SMILES string of the molecule is O=CC[CH2][SbH2]. The van der Waals surface area contributed by atoms with Crippen molar-refractivity contribution in [3.05, 3.63) is 0 Å². The standard InChI is InChI=1S/C3H5O.Sb.2H/c1-2-3-4;;;/h3H,1-2H2;;;. The summed E-state index contributed by atoms with van der Waals surface area (Å²) in [6.07, 6.45) is 1.73. The zero-order valence-corrected chi connectivity index (χ0v) is 6.27. The first kappa shape index (κ1) is 5.49. The second-order valence-corrected chi connectivity index (χ2v) is 2.39. The molecule has 0 aromatic rings. The average Bonchev–Trinajstić information content (AvgIpc) is 1.41. The molecule has 0 rings (SSSR count). The molecule has 0 heterocycles. The average molecular weight is 181 g/mol. The van der Waals surface area contributed by atoms with Gasteiger partial charge in [-0.3, -0.25) is 0 Å². The molecule has 0 amide bonds. The van der Waals surface area contributed by atoms with Crippen LogP contribution in [-0.4, -0.2) is 29.3 Å². The zero-order valence-electron chi connectivity index (χ0n) is 2.98. The third-order valence-electron chi connectivity index (χ3n) is 0.285. The molecule has 0 aromatic carbocycles. The number of hydrogen-bond acceptors (Lipinski definition) is 1. The van der Waals surface area contributed by atoms with E-state index in [9.17, 15) is 4.79 Å². The van der Waals surface area contributed by atoms with Gasteiger partial charge >= 0.3 is 44.9 Å². The van der Waals surface area contributed by atoms with Crippen LogP contribution in [0.25, 0.3) is 0 Å². The second kappa shape index (κ2) is 4.49. The monoisotopic (exact) mass is 180 g/mol. The molecule has 0 aliphatic heterocycles. The molecule has 0 saturated heterocycles. The van der Waals surface area contributed by atoms with Crippen LogP contribution >= 0.6 is 0 Å². The fourth-order valence-corrected chi connectivity index (χ4v) is 0.456. The van der Waals surface area contributed by atoms with Gasteiger partial charge in [0.2, 0.25) is 0 Å². The third kappa shape index (κ3) is 4.49. The number of hydrogen-bond donors (Lipinski definition) is 0. The summed E-state index contributed by atoms with van der Waals surface area (Å²) in [5, 5.41) is 0. The van der Waals surface area contributed by atoms with Gasteiger partial charge in [-0.2, -0.15) is 0 Å². The van der Waals surface area contributed by atoms with Crippen LogP contribution in [0.1, 0.15) is 6.42 Å². The first-order chi connectivity index (χ1) is 2.41. The Labute approximate surface area is 45.2 Å². The first-order valence-corrected chi connectivity index (χ1v) is 3.88. The van der Waals surface area contributed by atoms with E-state index in [2.05, 4.69) is 0 Å². The van der Waals surface area contributed by atoms with Gasteiger partial charge < -0.3 is 0 Å². The van der Waals surface area contributed by atoms with Crippen molar-refractivity contribution in [2.45, 2.75) is 10.8 Å². The van der Waals surface area contributed by atoms with Crippen molar-refractivity contribution in [3.8, 4) is 0 Å². The van der Waals surface area contributed by atoms with E-state index in [1.807, 2.05) is 0 Å². The van der Waals surface area contributed by atoms with Crippen LogP contribution in [0.2, 0.25) is 4.37 Å². The maximum atomic E-state index is 9.43. The summed E-state index contributed by atoms with van der Waals surface area (Å²) in [6, 6.07) is 0. The fourth-order valence-electron chi connectivity index (χ4n) is 0.0680. The van der Waals surface area contributed by atoms with Crippen LogP contribution in [0.5, 0.6) is 0 Å². The van der Waals surface area contributed by atoms with Gasteiger partial charge in [0.15, 0.2) is 0 Å². The maximum absolute atomic E-state index is 9.43. The van der Waals surface area contributed by atoms with E-state index < -0.39 is 0 Å². The van der Waals surface area contributed by atoms with Crippen molar-refractivity contribution in [2.24, 2.45) is 0 Å². The molecule has 2 heteroatoms. The van der Waals surface area contributed by atoms with E-state index >= 15 is 0 Å². The molecule has 30 valence electrons. The summed E-state index contributed by atoms with van der Waals surface area (Å²) in [7, 11) is 0. The van der Waals surface area contributed by atoms with Crippen molar-refractivity contribution in [3.63, 3.8) is 0 Å².